The molecule has 0 radical (unpaired) electrons. The van der Waals surface area contributed by atoms with Crippen molar-refractivity contribution < 1.29 is 18.3 Å². The summed E-state index contributed by atoms with van der Waals surface area (Å²) in [4.78, 5) is 14.7. The molecule has 1 amide bonds. The molecule has 2 saturated heterocycles. The molecule has 1 N–H and O–H groups in total. The first-order valence-corrected chi connectivity index (χ1v) is 11.7. The molecule has 2 fully saturated rings. The largest absolute Gasteiger partial charge is 0.388 e. The van der Waals surface area contributed by atoms with Gasteiger partial charge in [0.1, 0.15) is 0 Å². The summed E-state index contributed by atoms with van der Waals surface area (Å²) in [7, 11) is -3.22. The van der Waals surface area contributed by atoms with E-state index in [2.05, 4.69) is 0 Å². The first-order chi connectivity index (χ1) is 14.0. The maximum atomic E-state index is 12.8. The van der Waals surface area contributed by atoms with E-state index >= 15 is 0 Å². The number of likely N-dealkylation sites (tertiary alicyclic amines) is 1. The van der Waals surface area contributed by atoms with Crippen LogP contribution >= 0.6 is 0 Å². The summed E-state index contributed by atoms with van der Waals surface area (Å²) in [6.07, 6.45) is 1.64. The van der Waals surface area contributed by atoms with E-state index in [1.807, 2.05) is 35.2 Å². The molecular formula is C22H26N2O4S. The molecule has 7 heteroatoms. The molecule has 2 aromatic carbocycles. The minimum Gasteiger partial charge on any atom is -0.388 e. The van der Waals surface area contributed by atoms with Crippen molar-refractivity contribution in [1.29, 1.82) is 0 Å². The fourth-order valence-corrected chi connectivity index (χ4v) is 5.79. The summed E-state index contributed by atoms with van der Waals surface area (Å²) >= 11 is 0. The molecule has 0 saturated carbocycles. The smallest absolute Gasteiger partial charge is 0.253 e. The molecule has 4 rings (SSSR count). The lowest BCUT2D eigenvalue weighted by Gasteiger charge is -2.34. The molecule has 1 unspecified atom stereocenters. The third kappa shape index (κ3) is 4.16. The number of anilines is 1. The minimum atomic E-state index is -3.22. The molecule has 0 aromatic heterocycles. The van der Waals surface area contributed by atoms with E-state index in [4.69, 9.17) is 0 Å². The summed E-state index contributed by atoms with van der Waals surface area (Å²) in [6, 6.07) is 16.5. The summed E-state index contributed by atoms with van der Waals surface area (Å²) < 4.78 is 25.5. The summed E-state index contributed by atoms with van der Waals surface area (Å²) in [5.41, 5.74) is 2.10. The van der Waals surface area contributed by atoms with Crippen LogP contribution in [0.4, 0.5) is 5.69 Å². The quantitative estimate of drug-likeness (QED) is 0.835. The lowest BCUT2D eigenvalue weighted by molar-refractivity contribution is 0.0462. The third-order valence-corrected chi connectivity index (χ3v) is 7.79. The van der Waals surface area contributed by atoms with Crippen molar-refractivity contribution in [3.05, 3.63) is 65.7 Å². The Hall–Kier alpha value is -2.38. The average Bonchev–Trinajstić information content (AvgIpc) is 3.12. The topological polar surface area (TPSA) is 77.9 Å². The molecule has 2 aliphatic heterocycles. The van der Waals surface area contributed by atoms with Gasteiger partial charge in [-0.1, -0.05) is 30.3 Å². The number of benzene rings is 2. The highest BCUT2D eigenvalue weighted by Gasteiger charge is 2.30. The first-order valence-electron chi connectivity index (χ1n) is 10.1. The van der Waals surface area contributed by atoms with E-state index in [0.29, 0.717) is 37.3 Å². The molecule has 0 spiro atoms. The van der Waals surface area contributed by atoms with Crippen LogP contribution in [0.25, 0.3) is 0 Å². The van der Waals surface area contributed by atoms with Gasteiger partial charge in [0.15, 0.2) is 0 Å². The maximum Gasteiger partial charge on any atom is 0.253 e. The molecule has 2 aliphatic rings. The predicted octanol–water partition coefficient (Wildman–Crippen LogP) is 2.81. The lowest BCUT2D eigenvalue weighted by atomic mass is 9.87. The Labute approximate surface area is 171 Å². The third-order valence-electron chi connectivity index (χ3n) is 5.92. The highest BCUT2D eigenvalue weighted by Crippen LogP contribution is 2.31. The van der Waals surface area contributed by atoms with Gasteiger partial charge < -0.3 is 10.0 Å². The van der Waals surface area contributed by atoms with Gasteiger partial charge >= 0.3 is 0 Å². The number of piperidine rings is 1. The van der Waals surface area contributed by atoms with Crippen molar-refractivity contribution in [2.45, 2.75) is 25.4 Å². The van der Waals surface area contributed by atoms with E-state index < -0.39 is 16.1 Å². The van der Waals surface area contributed by atoms with Crippen LogP contribution in [0.1, 0.15) is 41.3 Å². The lowest BCUT2D eigenvalue weighted by Crippen LogP contribution is -2.39. The molecule has 0 aliphatic carbocycles. The van der Waals surface area contributed by atoms with E-state index in [9.17, 15) is 18.3 Å². The Morgan fingerprint density at radius 3 is 2.21 bits per heavy atom. The fraction of sp³-hybridized carbons (Fsp3) is 0.409. The van der Waals surface area contributed by atoms with Gasteiger partial charge in [-0.05, 0) is 55.0 Å². The van der Waals surface area contributed by atoms with Gasteiger partial charge in [-0.25, -0.2) is 8.42 Å². The van der Waals surface area contributed by atoms with Gasteiger partial charge in [-0.3, -0.25) is 9.10 Å². The number of hydrogen-bond donors (Lipinski definition) is 1. The number of nitrogens with zero attached hydrogens (tertiary/aromatic N) is 2. The van der Waals surface area contributed by atoms with Crippen LogP contribution in [0.2, 0.25) is 0 Å². The first kappa shape index (κ1) is 19.9. The number of amides is 1. The van der Waals surface area contributed by atoms with Crippen molar-refractivity contribution in [3.63, 3.8) is 0 Å². The van der Waals surface area contributed by atoms with Crippen molar-refractivity contribution in [3.8, 4) is 0 Å². The SMILES string of the molecule is O=C(c1ccc(N2CCCS2(=O)=O)cc1)N1CCC(C(O)c2ccccc2)CC1. The van der Waals surface area contributed by atoms with Crippen molar-refractivity contribution in [1.82, 2.24) is 4.90 Å². The van der Waals surface area contributed by atoms with Crippen LogP contribution < -0.4 is 4.31 Å². The molecule has 2 heterocycles. The minimum absolute atomic E-state index is 0.0477. The normalized spacial score (nSPS) is 20.6. The standard InChI is InChI=1S/C22H26N2O4S/c25-21(17-5-2-1-3-6-17)18-11-14-23(15-12-18)22(26)19-7-9-20(10-8-19)24-13-4-16-29(24,27)28/h1-3,5-10,18,21,25H,4,11-16H2. The van der Waals surface area contributed by atoms with Crippen molar-refractivity contribution in [2.24, 2.45) is 5.92 Å². The molecule has 0 bridgehead atoms. The van der Waals surface area contributed by atoms with Crippen LogP contribution in [-0.4, -0.2) is 49.7 Å². The Kier molecular flexibility index (Phi) is 5.61. The number of rotatable bonds is 4. The van der Waals surface area contributed by atoms with E-state index in [-0.39, 0.29) is 17.6 Å². The zero-order valence-electron chi connectivity index (χ0n) is 16.3. The van der Waals surface area contributed by atoms with Gasteiger partial charge in [-0.15, -0.1) is 0 Å². The number of aliphatic hydroxyl groups is 1. The van der Waals surface area contributed by atoms with E-state index in [1.54, 1.807) is 24.3 Å². The fourth-order valence-electron chi connectivity index (χ4n) is 4.22. The highest BCUT2D eigenvalue weighted by atomic mass is 32.2. The molecule has 2 aromatic rings. The maximum absolute atomic E-state index is 12.8. The highest BCUT2D eigenvalue weighted by molar-refractivity contribution is 7.93. The molecule has 6 nitrogen and oxygen atoms in total. The van der Waals surface area contributed by atoms with E-state index in [1.165, 1.54) is 4.31 Å². The average molecular weight is 415 g/mol. The van der Waals surface area contributed by atoms with Crippen LogP contribution in [0.15, 0.2) is 54.6 Å². The number of carbonyl (C=O) groups is 1. The Morgan fingerprint density at radius 1 is 0.966 bits per heavy atom. The number of sulfonamides is 1. The second-order valence-electron chi connectivity index (χ2n) is 7.77. The van der Waals surface area contributed by atoms with Gasteiger partial charge in [0.25, 0.3) is 5.91 Å². The molecular weight excluding hydrogens is 388 g/mol. The van der Waals surface area contributed by atoms with Crippen molar-refractivity contribution >= 4 is 21.6 Å². The summed E-state index contributed by atoms with van der Waals surface area (Å²) in [5, 5.41) is 10.6. The Balaban J connectivity index is 1.37. The number of hydrogen-bond acceptors (Lipinski definition) is 4. The zero-order chi connectivity index (χ0) is 20.4. The van der Waals surface area contributed by atoms with Crippen molar-refractivity contribution in [2.75, 3.05) is 29.7 Å². The van der Waals surface area contributed by atoms with Crippen LogP contribution in [0, 0.1) is 5.92 Å². The Morgan fingerprint density at radius 2 is 1.62 bits per heavy atom. The monoisotopic (exact) mass is 414 g/mol. The van der Waals surface area contributed by atoms with E-state index in [0.717, 1.165) is 18.4 Å². The number of aliphatic hydroxyl groups excluding tert-OH is 1. The number of carbonyl (C=O) groups excluding carboxylic acids is 1. The molecule has 1 atom stereocenters. The summed E-state index contributed by atoms with van der Waals surface area (Å²) in [6.45, 7) is 1.71. The van der Waals surface area contributed by atoms with Gasteiger partial charge in [0.2, 0.25) is 10.0 Å². The van der Waals surface area contributed by atoms with Crippen LogP contribution in [0.5, 0.6) is 0 Å². The van der Waals surface area contributed by atoms with Crippen LogP contribution in [-0.2, 0) is 10.0 Å². The van der Waals surface area contributed by atoms with Gasteiger partial charge in [0.05, 0.1) is 17.5 Å². The van der Waals surface area contributed by atoms with Gasteiger partial charge in [0, 0.05) is 25.2 Å². The van der Waals surface area contributed by atoms with Gasteiger partial charge in [-0.2, -0.15) is 0 Å². The summed E-state index contributed by atoms with van der Waals surface area (Å²) in [5.74, 6) is 0.273. The van der Waals surface area contributed by atoms with Crippen LogP contribution in [0.3, 0.4) is 0 Å². The second-order valence-corrected chi connectivity index (χ2v) is 9.79. The zero-order valence-corrected chi connectivity index (χ0v) is 17.1. The predicted molar refractivity (Wildman–Crippen MR) is 112 cm³/mol. The molecule has 29 heavy (non-hydrogen) atoms. The Bertz CT molecular complexity index is 952. The second kappa shape index (κ2) is 8.16. The molecule has 154 valence electrons.